The van der Waals surface area contributed by atoms with Crippen molar-refractivity contribution in [1.29, 1.82) is 0 Å². The molecule has 7 heteroatoms. The fraction of sp³-hybridized carbons (Fsp3) is 0.227. The van der Waals surface area contributed by atoms with Crippen LogP contribution in [0.2, 0.25) is 0 Å². The van der Waals surface area contributed by atoms with Gasteiger partial charge in [0.25, 0.3) is 11.8 Å². The van der Waals surface area contributed by atoms with Crippen molar-refractivity contribution in [2.24, 2.45) is 0 Å². The summed E-state index contributed by atoms with van der Waals surface area (Å²) in [5.41, 5.74) is 3.11. The summed E-state index contributed by atoms with van der Waals surface area (Å²) in [7, 11) is 0. The smallest absolute Gasteiger partial charge is 0.338 e. The molecule has 0 atom stereocenters. The molecule has 1 aliphatic heterocycles. The van der Waals surface area contributed by atoms with E-state index in [0.717, 1.165) is 16.0 Å². The molecule has 1 N–H and O–H groups in total. The van der Waals surface area contributed by atoms with Gasteiger partial charge in [-0.15, -0.1) is 0 Å². The average molecular weight is 413 g/mol. The van der Waals surface area contributed by atoms with Gasteiger partial charge in [0.05, 0.1) is 17.4 Å². The highest BCUT2D eigenvalue weighted by atomic mass is 35.5. The number of nitrogens with one attached hydrogen (secondary N) is 1. The summed E-state index contributed by atoms with van der Waals surface area (Å²) in [5.74, 6) is -1.54. The lowest BCUT2D eigenvalue weighted by molar-refractivity contribution is -0.120. The predicted octanol–water partition coefficient (Wildman–Crippen LogP) is 4.30. The second-order valence-electron chi connectivity index (χ2n) is 7.08. The quantitative estimate of drug-likeness (QED) is 0.585. The van der Waals surface area contributed by atoms with Gasteiger partial charge in [-0.25, -0.2) is 9.69 Å². The van der Waals surface area contributed by atoms with Crippen LogP contribution < -0.4 is 10.2 Å². The van der Waals surface area contributed by atoms with Gasteiger partial charge in [0.2, 0.25) is 0 Å². The van der Waals surface area contributed by atoms with Crippen LogP contribution in [0.4, 0.5) is 11.4 Å². The zero-order chi connectivity index (χ0) is 21.3. The van der Waals surface area contributed by atoms with E-state index in [2.05, 4.69) is 5.32 Å². The Morgan fingerprint density at radius 1 is 1.03 bits per heavy atom. The second kappa shape index (κ2) is 8.09. The molecule has 29 heavy (non-hydrogen) atoms. The monoisotopic (exact) mass is 412 g/mol. The first-order valence-electron chi connectivity index (χ1n) is 9.13. The van der Waals surface area contributed by atoms with Crippen LogP contribution in [-0.4, -0.2) is 23.9 Å². The van der Waals surface area contributed by atoms with Gasteiger partial charge in [0, 0.05) is 5.69 Å². The van der Waals surface area contributed by atoms with Crippen molar-refractivity contribution in [2.45, 2.75) is 33.8 Å². The summed E-state index contributed by atoms with van der Waals surface area (Å²) in [6.45, 7) is 7.25. The molecule has 0 aromatic heterocycles. The largest absolute Gasteiger partial charge is 0.459 e. The van der Waals surface area contributed by atoms with Crippen molar-refractivity contribution >= 4 is 40.8 Å². The predicted molar refractivity (Wildman–Crippen MR) is 112 cm³/mol. The molecule has 0 spiro atoms. The fourth-order valence-corrected chi connectivity index (χ4v) is 3.12. The Balaban J connectivity index is 1.83. The summed E-state index contributed by atoms with van der Waals surface area (Å²) in [6, 6.07) is 11.9. The lowest BCUT2D eigenvalue weighted by Crippen LogP contribution is -2.32. The van der Waals surface area contributed by atoms with Gasteiger partial charge in [-0.05, 0) is 69.2 Å². The Morgan fingerprint density at radius 3 is 2.31 bits per heavy atom. The first-order chi connectivity index (χ1) is 13.7. The van der Waals surface area contributed by atoms with E-state index in [1.807, 2.05) is 26.0 Å². The highest BCUT2D eigenvalue weighted by Crippen LogP contribution is 2.32. The fourth-order valence-electron chi connectivity index (χ4n) is 2.91. The molecule has 150 valence electrons. The number of benzene rings is 2. The van der Waals surface area contributed by atoms with Gasteiger partial charge in [0.15, 0.2) is 0 Å². The van der Waals surface area contributed by atoms with Gasteiger partial charge in [-0.3, -0.25) is 9.59 Å². The second-order valence-corrected chi connectivity index (χ2v) is 7.46. The average Bonchev–Trinajstić information content (AvgIpc) is 2.87. The molecule has 2 amide bonds. The zero-order valence-electron chi connectivity index (χ0n) is 16.6. The third kappa shape index (κ3) is 4.17. The lowest BCUT2D eigenvalue weighted by Gasteiger charge is -2.18. The summed E-state index contributed by atoms with van der Waals surface area (Å²) in [5, 5.41) is 2.71. The summed E-state index contributed by atoms with van der Waals surface area (Å²) in [6.07, 6.45) is -0.220. The van der Waals surface area contributed by atoms with Gasteiger partial charge in [0.1, 0.15) is 10.7 Å². The molecule has 0 aliphatic carbocycles. The Hall–Kier alpha value is -3.12. The van der Waals surface area contributed by atoms with Gasteiger partial charge >= 0.3 is 5.97 Å². The summed E-state index contributed by atoms with van der Waals surface area (Å²) < 4.78 is 5.15. The zero-order valence-corrected chi connectivity index (χ0v) is 17.3. The highest BCUT2D eigenvalue weighted by molar-refractivity contribution is 6.53. The molecule has 6 nitrogen and oxygen atoms in total. The normalized spacial score (nSPS) is 14.1. The topological polar surface area (TPSA) is 75.7 Å². The number of amides is 2. The number of rotatable bonds is 5. The minimum Gasteiger partial charge on any atom is -0.459 e. The molecule has 1 heterocycles. The number of imide groups is 1. The molecule has 0 saturated heterocycles. The van der Waals surface area contributed by atoms with Gasteiger partial charge in [-0.1, -0.05) is 23.7 Å². The molecule has 3 rings (SSSR count). The molecule has 0 saturated carbocycles. The third-order valence-corrected chi connectivity index (χ3v) is 4.72. The molecule has 0 unspecified atom stereocenters. The molecule has 0 radical (unpaired) electrons. The van der Waals surface area contributed by atoms with Crippen molar-refractivity contribution in [3.05, 3.63) is 69.9 Å². The molecular formula is C22H21ClN2O4. The number of carbonyl (C=O) groups is 3. The maximum absolute atomic E-state index is 12.9. The van der Waals surface area contributed by atoms with E-state index in [1.54, 1.807) is 44.2 Å². The van der Waals surface area contributed by atoms with Gasteiger partial charge in [-0.2, -0.15) is 0 Å². The number of nitrogens with zero attached hydrogens (tertiary/aromatic N) is 1. The van der Waals surface area contributed by atoms with E-state index >= 15 is 0 Å². The van der Waals surface area contributed by atoms with Crippen molar-refractivity contribution < 1.29 is 19.1 Å². The first kappa shape index (κ1) is 20.6. The van der Waals surface area contributed by atoms with Crippen LogP contribution in [0.15, 0.2) is 53.2 Å². The van der Waals surface area contributed by atoms with Crippen molar-refractivity contribution in [3.8, 4) is 0 Å². The first-order valence-corrected chi connectivity index (χ1v) is 9.50. The minimum atomic E-state index is -0.579. The molecule has 2 aromatic rings. The number of anilines is 2. The van der Waals surface area contributed by atoms with Crippen LogP contribution >= 0.6 is 11.6 Å². The summed E-state index contributed by atoms with van der Waals surface area (Å²) in [4.78, 5) is 38.6. The number of aryl methyl sites for hydroxylation is 2. The lowest BCUT2D eigenvalue weighted by atomic mass is 10.1. The highest BCUT2D eigenvalue weighted by Gasteiger charge is 2.39. The Kier molecular flexibility index (Phi) is 5.75. The van der Waals surface area contributed by atoms with E-state index in [1.165, 1.54) is 0 Å². The van der Waals surface area contributed by atoms with Crippen molar-refractivity contribution in [2.75, 3.05) is 10.2 Å². The van der Waals surface area contributed by atoms with Crippen LogP contribution in [0.5, 0.6) is 0 Å². The van der Waals surface area contributed by atoms with Crippen molar-refractivity contribution in [1.82, 2.24) is 0 Å². The number of hydrogen-bond donors (Lipinski definition) is 1. The molecule has 0 fully saturated rings. The molecule has 2 aromatic carbocycles. The van der Waals surface area contributed by atoms with E-state index in [4.69, 9.17) is 16.3 Å². The molecule has 0 bridgehead atoms. The standard InChI is InChI=1S/C22H21ClN2O4/c1-12(2)29-22(28)15-7-9-16(10-8-15)24-19-18(23)20(26)25(21(19)27)17-11-13(3)5-6-14(17)4/h5-12,24H,1-4H3. The Morgan fingerprint density at radius 2 is 1.69 bits per heavy atom. The van der Waals surface area contributed by atoms with Crippen LogP contribution in [0, 0.1) is 13.8 Å². The minimum absolute atomic E-state index is 0.00456. The number of hydrogen-bond acceptors (Lipinski definition) is 5. The number of halogens is 1. The SMILES string of the molecule is Cc1ccc(C)c(N2C(=O)C(Cl)=C(Nc3ccc(C(=O)OC(C)C)cc3)C2=O)c1. The van der Waals surface area contributed by atoms with E-state index in [0.29, 0.717) is 16.9 Å². The number of carbonyl (C=O) groups excluding carboxylic acids is 3. The van der Waals surface area contributed by atoms with Gasteiger partial charge < -0.3 is 10.1 Å². The van der Waals surface area contributed by atoms with Crippen LogP contribution in [0.3, 0.4) is 0 Å². The number of esters is 1. The van der Waals surface area contributed by atoms with E-state index in [-0.39, 0.29) is 16.8 Å². The van der Waals surface area contributed by atoms with E-state index in [9.17, 15) is 14.4 Å². The molecule has 1 aliphatic rings. The third-order valence-electron chi connectivity index (χ3n) is 4.37. The Labute approximate surface area is 174 Å². The maximum atomic E-state index is 12.9. The summed E-state index contributed by atoms with van der Waals surface area (Å²) >= 11 is 6.18. The van der Waals surface area contributed by atoms with Crippen molar-refractivity contribution in [3.63, 3.8) is 0 Å². The van der Waals surface area contributed by atoms with E-state index < -0.39 is 17.8 Å². The number of ether oxygens (including phenoxy) is 1. The Bertz CT molecular complexity index is 1030. The van der Waals surface area contributed by atoms with Crippen LogP contribution in [-0.2, 0) is 14.3 Å². The molecular weight excluding hydrogens is 392 g/mol. The van der Waals surface area contributed by atoms with Crippen LogP contribution in [0.1, 0.15) is 35.3 Å². The maximum Gasteiger partial charge on any atom is 0.338 e. The van der Waals surface area contributed by atoms with Crippen LogP contribution in [0.25, 0.3) is 0 Å².